The average molecular weight is 308 g/mol. The molecule has 0 aliphatic carbocycles. The van der Waals surface area contributed by atoms with Crippen molar-refractivity contribution >= 4 is 17.4 Å². The van der Waals surface area contributed by atoms with Crippen molar-refractivity contribution in [2.75, 3.05) is 0 Å². The van der Waals surface area contributed by atoms with Gasteiger partial charge in [-0.1, -0.05) is 42.5 Å². The van der Waals surface area contributed by atoms with Crippen LogP contribution in [-0.4, -0.2) is 21.4 Å². The van der Waals surface area contributed by atoms with Crippen LogP contribution >= 0.6 is 0 Å². The van der Waals surface area contributed by atoms with Gasteiger partial charge in [0, 0.05) is 24.1 Å². The van der Waals surface area contributed by atoms with Crippen LogP contribution in [0.1, 0.15) is 37.5 Å². The summed E-state index contributed by atoms with van der Waals surface area (Å²) >= 11 is 0. The Kier molecular flexibility index (Phi) is 3.80. The van der Waals surface area contributed by atoms with E-state index in [1.807, 2.05) is 24.3 Å². The molecule has 0 aromatic heterocycles. The largest absolute Gasteiger partial charge is 0.481 e. The van der Waals surface area contributed by atoms with Crippen LogP contribution in [0.3, 0.4) is 0 Å². The second kappa shape index (κ2) is 5.65. The Labute approximate surface area is 136 Å². The number of benzene rings is 2. The van der Waals surface area contributed by atoms with Crippen molar-refractivity contribution in [3.8, 4) is 0 Å². The first-order valence-electron chi connectivity index (χ1n) is 7.90. The zero-order chi connectivity index (χ0) is 16.6. The zero-order valence-corrected chi connectivity index (χ0v) is 13.8. The Morgan fingerprint density at radius 1 is 1.04 bits per heavy atom. The number of hydrogen-bond donors (Lipinski definition) is 1. The Morgan fingerprint density at radius 2 is 1.65 bits per heavy atom. The molecule has 118 valence electrons. The summed E-state index contributed by atoms with van der Waals surface area (Å²) < 4.78 is 2.36. The second-order valence-electron chi connectivity index (χ2n) is 6.70. The highest BCUT2D eigenvalue weighted by atomic mass is 16.4. The van der Waals surface area contributed by atoms with Crippen molar-refractivity contribution < 1.29 is 14.5 Å². The van der Waals surface area contributed by atoms with Crippen molar-refractivity contribution in [3.05, 3.63) is 65.2 Å². The van der Waals surface area contributed by atoms with Crippen molar-refractivity contribution in [1.82, 2.24) is 0 Å². The van der Waals surface area contributed by atoms with E-state index in [1.54, 1.807) is 0 Å². The van der Waals surface area contributed by atoms with Crippen LogP contribution < -0.4 is 0 Å². The molecule has 1 aliphatic heterocycles. The number of nitrogens with zero attached hydrogens (tertiary/aromatic N) is 1. The van der Waals surface area contributed by atoms with Gasteiger partial charge in [-0.3, -0.25) is 4.79 Å². The van der Waals surface area contributed by atoms with Gasteiger partial charge in [0.15, 0.2) is 12.3 Å². The van der Waals surface area contributed by atoms with Gasteiger partial charge in [-0.25, -0.2) is 0 Å². The van der Waals surface area contributed by atoms with Crippen LogP contribution in [0.25, 0.3) is 0 Å². The zero-order valence-electron chi connectivity index (χ0n) is 13.8. The fourth-order valence-electron chi connectivity index (χ4n) is 3.27. The summed E-state index contributed by atoms with van der Waals surface area (Å²) in [6.45, 7) is 7.52. The highest BCUT2D eigenvalue weighted by Gasteiger charge is 2.42. The van der Waals surface area contributed by atoms with Gasteiger partial charge in [0.25, 0.3) is 0 Å². The fourth-order valence-corrected chi connectivity index (χ4v) is 3.27. The third-order valence-electron chi connectivity index (χ3n) is 4.90. The number of rotatable bonds is 4. The number of fused-ring (bicyclic) bond motifs is 1. The molecule has 3 nitrogen and oxygen atoms in total. The molecule has 23 heavy (non-hydrogen) atoms. The summed E-state index contributed by atoms with van der Waals surface area (Å²) in [6, 6.07) is 16.4. The molecule has 0 unspecified atom stereocenters. The number of carboxylic acids is 1. The van der Waals surface area contributed by atoms with Crippen LogP contribution in [0.2, 0.25) is 0 Å². The maximum atomic E-state index is 10.8. The normalized spacial score (nSPS) is 15.6. The average Bonchev–Trinajstić information content (AvgIpc) is 2.70. The maximum Gasteiger partial charge on any atom is 0.307 e. The van der Waals surface area contributed by atoms with E-state index in [2.05, 4.69) is 49.6 Å². The molecule has 0 spiro atoms. The lowest BCUT2D eigenvalue weighted by molar-refractivity contribution is -0.456. The third-order valence-corrected chi connectivity index (χ3v) is 4.90. The molecule has 0 amide bonds. The molecule has 0 saturated heterocycles. The van der Waals surface area contributed by atoms with Gasteiger partial charge in [-0.2, -0.15) is 4.58 Å². The summed E-state index contributed by atoms with van der Waals surface area (Å²) in [6.07, 6.45) is 0.0744. The lowest BCUT2D eigenvalue weighted by Crippen LogP contribution is -2.26. The minimum Gasteiger partial charge on any atom is -0.481 e. The van der Waals surface area contributed by atoms with E-state index in [0.717, 1.165) is 12.1 Å². The first kappa shape index (κ1) is 15.5. The summed E-state index contributed by atoms with van der Waals surface area (Å²) in [5.74, 6) is -0.794. The Hall–Kier alpha value is -2.42. The number of para-hydroxylation sites is 1. The molecule has 3 rings (SSSR count). The first-order valence-corrected chi connectivity index (χ1v) is 7.90. The van der Waals surface area contributed by atoms with Crippen molar-refractivity contribution in [1.29, 1.82) is 0 Å². The molecule has 0 fully saturated rings. The number of hydrogen-bond acceptors (Lipinski definition) is 1. The van der Waals surface area contributed by atoms with Crippen molar-refractivity contribution in [2.45, 2.75) is 39.2 Å². The minimum absolute atomic E-state index is 0.0415. The molecule has 1 heterocycles. The maximum absolute atomic E-state index is 10.8. The molecule has 0 saturated carbocycles. The van der Waals surface area contributed by atoms with E-state index < -0.39 is 5.97 Å². The molecular weight excluding hydrogens is 286 g/mol. The monoisotopic (exact) mass is 308 g/mol. The quantitative estimate of drug-likeness (QED) is 0.870. The Morgan fingerprint density at radius 3 is 2.30 bits per heavy atom. The SMILES string of the molecule is CC1=[N+](Cc2ccc(CC(=O)O)cc2)c2ccccc2C1(C)C. The lowest BCUT2D eigenvalue weighted by atomic mass is 9.82. The standard InChI is InChI=1S/C20H21NO2/c1-14-20(2,3)17-6-4-5-7-18(17)21(14)13-16-10-8-15(9-11-16)12-19(22)23/h4-11H,12-13H2,1-3H3/p+1. The van der Waals surface area contributed by atoms with Crippen LogP contribution in [0.5, 0.6) is 0 Å². The molecule has 1 aliphatic rings. The Balaban J connectivity index is 1.91. The van der Waals surface area contributed by atoms with Gasteiger partial charge < -0.3 is 5.11 Å². The van der Waals surface area contributed by atoms with Gasteiger partial charge in [0.2, 0.25) is 5.69 Å². The van der Waals surface area contributed by atoms with Crippen molar-refractivity contribution in [3.63, 3.8) is 0 Å². The summed E-state index contributed by atoms with van der Waals surface area (Å²) in [4.78, 5) is 10.8. The summed E-state index contributed by atoms with van der Waals surface area (Å²) in [7, 11) is 0. The van der Waals surface area contributed by atoms with E-state index in [1.165, 1.54) is 22.5 Å². The van der Waals surface area contributed by atoms with Gasteiger partial charge >= 0.3 is 5.97 Å². The molecule has 3 heteroatoms. The van der Waals surface area contributed by atoms with Crippen LogP contribution in [-0.2, 0) is 23.2 Å². The second-order valence-corrected chi connectivity index (χ2v) is 6.70. The van der Waals surface area contributed by atoms with E-state index in [4.69, 9.17) is 5.11 Å². The molecule has 0 bridgehead atoms. The molecule has 2 aromatic rings. The number of carbonyl (C=O) groups is 1. The van der Waals surface area contributed by atoms with Gasteiger partial charge in [0.05, 0.1) is 11.8 Å². The molecular formula is C20H22NO2+. The predicted octanol–water partition coefficient (Wildman–Crippen LogP) is 3.91. The topological polar surface area (TPSA) is 40.3 Å². The molecule has 1 N–H and O–H groups in total. The van der Waals surface area contributed by atoms with Crippen molar-refractivity contribution in [2.24, 2.45) is 0 Å². The molecule has 2 aromatic carbocycles. The van der Waals surface area contributed by atoms with Crippen LogP contribution in [0.15, 0.2) is 48.5 Å². The highest BCUT2D eigenvalue weighted by molar-refractivity contribution is 5.93. The van der Waals surface area contributed by atoms with Gasteiger partial charge in [-0.15, -0.1) is 0 Å². The summed E-state index contributed by atoms with van der Waals surface area (Å²) in [5, 5.41) is 8.86. The number of carboxylic acid groups (broad SMARTS) is 1. The Bertz CT molecular complexity index is 786. The fraction of sp³-hybridized carbons (Fsp3) is 0.300. The van der Waals surface area contributed by atoms with E-state index in [9.17, 15) is 4.79 Å². The van der Waals surface area contributed by atoms with Gasteiger partial charge in [0.1, 0.15) is 0 Å². The molecule has 0 atom stereocenters. The molecule has 0 radical (unpaired) electrons. The van der Waals surface area contributed by atoms with Crippen LogP contribution in [0, 0.1) is 0 Å². The van der Waals surface area contributed by atoms with Crippen LogP contribution in [0.4, 0.5) is 5.69 Å². The first-order chi connectivity index (χ1) is 10.9. The van der Waals surface area contributed by atoms with E-state index in [-0.39, 0.29) is 11.8 Å². The van der Waals surface area contributed by atoms with Gasteiger partial charge in [-0.05, 0) is 19.4 Å². The smallest absolute Gasteiger partial charge is 0.307 e. The highest BCUT2D eigenvalue weighted by Crippen LogP contribution is 2.39. The summed E-state index contributed by atoms with van der Waals surface area (Å²) in [5.41, 5.74) is 6.04. The van der Waals surface area contributed by atoms with E-state index in [0.29, 0.717) is 0 Å². The number of aliphatic carboxylic acids is 1. The third kappa shape index (κ3) is 2.79. The minimum atomic E-state index is -0.794. The predicted molar refractivity (Wildman–Crippen MR) is 91.6 cm³/mol. The lowest BCUT2D eigenvalue weighted by Gasteiger charge is -2.14. The van der Waals surface area contributed by atoms with E-state index >= 15 is 0 Å².